The largest absolute Gasteiger partial charge is 0.486 e. The third kappa shape index (κ3) is 8.81. The molecule has 257 valence electrons. The fourth-order valence-corrected chi connectivity index (χ4v) is 8.42. The van der Waals surface area contributed by atoms with Crippen LogP contribution in [0.4, 0.5) is 0 Å². The average Bonchev–Trinajstić information content (AvgIpc) is 3.69. The van der Waals surface area contributed by atoms with E-state index in [1.54, 1.807) is 6.20 Å². The number of benzene rings is 1. The minimum absolute atomic E-state index is 0. The fraction of sp³-hybridized carbons (Fsp3) is 0.381. The van der Waals surface area contributed by atoms with Crippen molar-refractivity contribution in [2.45, 2.75) is 92.8 Å². The Morgan fingerprint density at radius 2 is 1.63 bits per heavy atom. The predicted molar refractivity (Wildman–Crippen MR) is 201 cm³/mol. The molecule has 0 unspecified atom stereocenters. The molecular formula is C42H48IrN4OSi-2. The maximum absolute atomic E-state index is 6.07. The van der Waals surface area contributed by atoms with Crippen molar-refractivity contribution in [2.75, 3.05) is 0 Å². The van der Waals surface area contributed by atoms with Crippen LogP contribution in [0.2, 0.25) is 19.6 Å². The third-order valence-corrected chi connectivity index (χ3v) is 11.4. The van der Waals surface area contributed by atoms with Crippen molar-refractivity contribution < 1.29 is 24.5 Å². The summed E-state index contributed by atoms with van der Waals surface area (Å²) < 4.78 is 6.07. The van der Waals surface area contributed by atoms with E-state index in [4.69, 9.17) is 14.4 Å². The molecule has 5 nitrogen and oxygen atoms in total. The minimum atomic E-state index is -1.37. The Labute approximate surface area is 306 Å². The van der Waals surface area contributed by atoms with E-state index in [0.29, 0.717) is 5.71 Å². The number of hydrogen-bond acceptors (Lipinski definition) is 5. The molecule has 5 aromatic heterocycles. The first-order valence-electron chi connectivity index (χ1n) is 17.3. The summed E-state index contributed by atoms with van der Waals surface area (Å²) in [7, 11) is -1.37. The average molecular weight is 845 g/mol. The Bertz CT molecular complexity index is 2040. The van der Waals surface area contributed by atoms with Crippen molar-refractivity contribution in [3.63, 3.8) is 0 Å². The van der Waals surface area contributed by atoms with Crippen LogP contribution in [0.15, 0.2) is 71.5 Å². The molecule has 0 bridgehead atoms. The van der Waals surface area contributed by atoms with Crippen LogP contribution in [0.3, 0.4) is 0 Å². The molecule has 7 rings (SSSR count). The van der Waals surface area contributed by atoms with Crippen LogP contribution in [0.1, 0.15) is 68.8 Å². The Morgan fingerprint density at radius 3 is 2.31 bits per heavy atom. The van der Waals surface area contributed by atoms with Gasteiger partial charge in [0.15, 0.2) is 0 Å². The van der Waals surface area contributed by atoms with Crippen molar-refractivity contribution in [3.05, 3.63) is 102 Å². The van der Waals surface area contributed by atoms with Crippen LogP contribution in [-0.4, -0.2) is 28.0 Å². The Morgan fingerprint density at radius 1 is 0.878 bits per heavy atom. The summed E-state index contributed by atoms with van der Waals surface area (Å²) in [6.45, 7) is 18.2. The summed E-state index contributed by atoms with van der Waals surface area (Å²) in [4.78, 5) is 18.3. The van der Waals surface area contributed by atoms with E-state index in [1.165, 1.54) is 47.6 Å². The summed E-state index contributed by atoms with van der Waals surface area (Å²) in [5.41, 5.74) is 10.5. The molecule has 5 heterocycles. The van der Waals surface area contributed by atoms with Gasteiger partial charge < -0.3 is 19.4 Å². The summed E-state index contributed by atoms with van der Waals surface area (Å²) in [6.07, 6.45) is 16.7. The van der Waals surface area contributed by atoms with Gasteiger partial charge in [0.2, 0.25) is 5.71 Å². The van der Waals surface area contributed by atoms with E-state index < -0.39 is 8.07 Å². The molecule has 1 fully saturated rings. The van der Waals surface area contributed by atoms with Crippen LogP contribution >= 0.6 is 0 Å². The first-order chi connectivity index (χ1) is 22.9. The molecular weight excluding hydrogens is 797 g/mol. The van der Waals surface area contributed by atoms with Crippen LogP contribution in [0.5, 0.6) is 0 Å². The van der Waals surface area contributed by atoms with Gasteiger partial charge in [0.1, 0.15) is 0 Å². The molecule has 0 atom stereocenters. The number of fused-ring (bicyclic) bond motifs is 3. The molecule has 7 heteroatoms. The summed E-state index contributed by atoms with van der Waals surface area (Å²) in [6, 6.07) is 19.8. The zero-order valence-corrected chi connectivity index (χ0v) is 33.6. The summed E-state index contributed by atoms with van der Waals surface area (Å²) in [5.74, 6) is 0.817. The number of pyridine rings is 4. The number of furan rings is 1. The van der Waals surface area contributed by atoms with E-state index in [0.717, 1.165) is 63.3 Å². The van der Waals surface area contributed by atoms with Crippen LogP contribution in [0.25, 0.3) is 44.6 Å². The number of aromatic nitrogens is 4. The molecule has 0 saturated heterocycles. The summed E-state index contributed by atoms with van der Waals surface area (Å²) in [5, 5.41) is 3.42. The summed E-state index contributed by atoms with van der Waals surface area (Å²) >= 11 is 0. The number of aryl methyl sites for hydroxylation is 2. The van der Waals surface area contributed by atoms with Gasteiger partial charge in [-0.2, -0.15) is 0 Å². The molecule has 1 radical (unpaired) electrons. The minimum Gasteiger partial charge on any atom is -0.486 e. The third-order valence-electron chi connectivity index (χ3n) is 9.29. The van der Waals surface area contributed by atoms with Crippen molar-refractivity contribution in [3.8, 4) is 22.5 Å². The SMILES string of the molecule is CC(C)(C)Cc1cc(-c2[c-]cccc2)ncc1[Si](C)(C)C.Cc1ccc2c(n1)oc1c(-c3cc(C)c(CC4CCCC4)cn3)[c-]ncc12.[Ir]. The number of hydrogen-bond donors (Lipinski definition) is 0. The number of nitrogens with zero attached hydrogens (tertiary/aromatic N) is 4. The molecule has 1 aromatic carbocycles. The van der Waals surface area contributed by atoms with Crippen molar-refractivity contribution >= 4 is 35.3 Å². The second-order valence-electron chi connectivity index (χ2n) is 15.7. The molecule has 0 amide bonds. The maximum atomic E-state index is 6.07. The van der Waals surface area contributed by atoms with E-state index in [1.807, 2.05) is 43.5 Å². The van der Waals surface area contributed by atoms with Crippen molar-refractivity contribution in [1.29, 1.82) is 0 Å². The van der Waals surface area contributed by atoms with E-state index >= 15 is 0 Å². The van der Waals surface area contributed by atoms with Gasteiger partial charge in [-0.3, -0.25) is 0 Å². The molecule has 1 aliphatic rings. The maximum Gasteiger partial charge on any atom is 0.216 e. The second-order valence-corrected chi connectivity index (χ2v) is 20.8. The standard InChI is InChI=1S/C23H22N3O.C19H26NSi.Ir/c1-14-9-21(25-11-17(14)10-16-5-3-4-6-16)20-13-24-12-19-18-8-7-15(2)26-23(18)27-22(19)20;1-19(2,3)13-16-12-17(15-10-8-7-9-11-15)20-14-18(16)21(4,5)6;/h7-9,11-12,16H,3-6,10H2,1-2H3;7-10,12,14H,13H2,1-6H3;/q2*-1;. The van der Waals surface area contributed by atoms with Gasteiger partial charge in [-0.15, -0.1) is 35.9 Å². The van der Waals surface area contributed by atoms with Gasteiger partial charge >= 0.3 is 0 Å². The molecule has 0 aliphatic heterocycles. The van der Waals surface area contributed by atoms with Crippen LogP contribution in [-0.2, 0) is 32.9 Å². The normalized spacial score (nSPS) is 13.7. The Hall–Kier alpha value is -3.51. The van der Waals surface area contributed by atoms with Gasteiger partial charge in [0, 0.05) is 43.6 Å². The molecule has 49 heavy (non-hydrogen) atoms. The quantitative estimate of drug-likeness (QED) is 0.123. The van der Waals surface area contributed by atoms with Gasteiger partial charge in [-0.25, -0.2) is 4.98 Å². The first-order valence-corrected chi connectivity index (χ1v) is 20.8. The second kappa shape index (κ2) is 15.2. The topological polar surface area (TPSA) is 64.7 Å². The molecule has 0 N–H and O–H groups in total. The number of rotatable bonds is 6. The van der Waals surface area contributed by atoms with Gasteiger partial charge in [0.05, 0.1) is 13.7 Å². The van der Waals surface area contributed by atoms with Gasteiger partial charge in [-0.1, -0.05) is 94.9 Å². The van der Waals surface area contributed by atoms with Crippen LogP contribution in [0, 0.1) is 37.4 Å². The van der Waals surface area contributed by atoms with Crippen LogP contribution < -0.4 is 5.19 Å². The van der Waals surface area contributed by atoms with Crippen molar-refractivity contribution in [2.24, 2.45) is 11.3 Å². The van der Waals surface area contributed by atoms with E-state index in [9.17, 15) is 0 Å². The van der Waals surface area contributed by atoms with Crippen molar-refractivity contribution in [1.82, 2.24) is 19.9 Å². The molecule has 0 spiro atoms. The molecule has 1 saturated carbocycles. The van der Waals surface area contributed by atoms with Gasteiger partial charge in [0.25, 0.3) is 0 Å². The van der Waals surface area contributed by atoms with Gasteiger partial charge in [-0.05, 0) is 90.1 Å². The fourth-order valence-electron chi connectivity index (χ4n) is 6.84. The van der Waals surface area contributed by atoms with E-state index in [2.05, 4.69) is 94.0 Å². The molecule has 1 aliphatic carbocycles. The Balaban J connectivity index is 0.000000194. The zero-order chi connectivity index (χ0) is 34.1. The zero-order valence-electron chi connectivity index (χ0n) is 30.2. The monoisotopic (exact) mass is 845 g/mol. The smallest absolute Gasteiger partial charge is 0.216 e. The van der Waals surface area contributed by atoms with E-state index in [-0.39, 0.29) is 25.5 Å². The Kier molecular flexibility index (Phi) is 11.4. The first kappa shape index (κ1) is 36.8. The molecule has 6 aromatic rings. The predicted octanol–water partition coefficient (Wildman–Crippen LogP) is 10.3.